The molecule has 2 aromatic rings. The highest BCUT2D eigenvalue weighted by atomic mass is 79.9. The van der Waals surface area contributed by atoms with Gasteiger partial charge in [0.05, 0.1) is 25.8 Å². The maximum atomic E-state index is 13.1. The van der Waals surface area contributed by atoms with Gasteiger partial charge >= 0.3 is 0 Å². The number of benzene rings is 2. The number of likely N-dealkylation sites (tertiary alicyclic amines) is 1. The van der Waals surface area contributed by atoms with Crippen LogP contribution in [0.2, 0.25) is 0 Å². The average Bonchev–Trinajstić information content (AvgIpc) is 3.02. The van der Waals surface area contributed by atoms with Crippen molar-refractivity contribution in [2.75, 3.05) is 41.4 Å². The van der Waals surface area contributed by atoms with Crippen LogP contribution in [0.15, 0.2) is 52.5 Å². The fraction of sp³-hybridized carbons (Fsp3) is 0.333. The van der Waals surface area contributed by atoms with Crippen molar-refractivity contribution in [2.45, 2.75) is 12.5 Å². The minimum absolute atomic E-state index is 0.0603. The highest BCUT2D eigenvalue weighted by Gasteiger charge is 2.45. The molecule has 1 atom stereocenters. The van der Waals surface area contributed by atoms with Gasteiger partial charge in [-0.25, -0.2) is 0 Å². The summed E-state index contributed by atoms with van der Waals surface area (Å²) in [6, 6.07) is 11.6. The summed E-state index contributed by atoms with van der Waals surface area (Å²) >= 11 is 3.46. The van der Waals surface area contributed by atoms with Gasteiger partial charge in [-0.2, -0.15) is 0 Å². The van der Waals surface area contributed by atoms with Crippen molar-refractivity contribution in [3.63, 3.8) is 0 Å². The number of carbonyl (C=O) groups excluding carboxylic acids is 2. The van der Waals surface area contributed by atoms with E-state index in [1.165, 1.54) is 14.2 Å². The number of ketones is 1. The summed E-state index contributed by atoms with van der Waals surface area (Å²) in [5.74, 6) is -0.653. The number of aliphatic hydroxyl groups is 1. The van der Waals surface area contributed by atoms with E-state index < -0.39 is 17.7 Å². The van der Waals surface area contributed by atoms with E-state index in [2.05, 4.69) is 15.9 Å². The van der Waals surface area contributed by atoms with Crippen LogP contribution in [-0.2, 0) is 9.59 Å². The van der Waals surface area contributed by atoms with Gasteiger partial charge in [0, 0.05) is 16.6 Å². The highest BCUT2D eigenvalue weighted by Crippen LogP contribution is 2.41. The smallest absolute Gasteiger partial charge is 0.295 e. The zero-order valence-electron chi connectivity index (χ0n) is 18.6. The molecule has 1 fully saturated rings. The Labute approximate surface area is 196 Å². The molecule has 1 heterocycles. The molecule has 0 spiro atoms. The number of halogens is 1. The van der Waals surface area contributed by atoms with Gasteiger partial charge in [0.25, 0.3) is 11.7 Å². The van der Waals surface area contributed by atoms with Crippen molar-refractivity contribution in [2.24, 2.45) is 0 Å². The van der Waals surface area contributed by atoms with E-state index >= 15 is 0 Å². The first-order chi connectivity index (χ1) is 15.3. The second kappa shape index (κ2) is 10.2. The first-order valence-electron chi connectivity index (χ1n) is 10.2. The van der Waals surface area contributed by atoms with E-state index in [0.29, 0.717) is 30.0 Å². The van der Waals surface area contributed by atoms with Crippen LogP contribution in [0.4, 0.5) is 0 Å². The van der Waals surface area contributed by atoms with E-state index in [0.717, 1.165) is 16.6 Å². The molecule has 32 heavy (non-hydrogen) atoms. The Balaban J connectivity index is 2.12. The summed E-state index contributed by atoms with van der Waals surface area (Å²) in [4.78, 5) is 29.6. The van der Waals surface area contributed by atoms with Crippen LogP contribution in [0.5, 0.6) is 11.5 Å². The molecule has 0 aromatic heterocycles. The fourth-order valence-corrected chi connectivity index (χ4v) is 4.25. The van der Waals surface area contributed by atoms with Crippen LogP contribution in [-0.4, -0.2) is 68.0 Å². The first-order valence-corrected chi connectivity index (χ1v) is 11.0. The largest absolute Gasteiger partial charge is 0.507 e. The van der Waals surface area contributed by atoms with Gasteiger partial charge in [-0.05, 0) is 63.0 Å². The van der Waals surface area contributed by atoms with Gasteiger partial charge in [0.2, 0.25) is 0 Å². The number of ether oxygens (including phenoxy) is 2. The maximum Gasteiger partial charge on any atom is 0.295 e. The molecule has 0 radical (unpaired) electrons. The summed E-state index contributed by atoms with van der Waals surface area (Å²) in [5, 5.41) is 11.2. The topological polar surface area (TPSA) is 79.3 Å². The normalized spacial score (nSPS) is 17.8. The minimum atomic E-state index is -0.702. The van der Waals surface area contributed by atoms with Crippen LogP contribution in [0, 0.1) is 0 Å². The zero-order valence-corrected chi connectivity index (χ0v) is 20.2. The minimum Gasteiger partial charge on any atom is -0.507 e. The van der Waals surface area contributed by atoms with E-state index in [1.807, 2.05) is 43.3 Å². The Kier molecular flexibility index (Phi) is 7.58. The molecular formula is C24H27BrN2O5. The summed E-state index contributed by atoms with van der Waals surface area (Å²) in [7, 11) is 6.92. The Bertz CT molecular complexity index is 1050. The maximum absolute atomic E-state index is 13.1. The lowest BCUT2D eigenvalue weighted by molar-refractivity contribution is -0.139. The molecule has 1 amide bonds. The van der Waals surface area contributed by atoms with Gasteiger partial charge in [-0.1, -0.05) is 28.1 Å². The summed E-state index contributed by atoms with van der Waals surface area (Å²) in [5.41, 5.74) is 1.17. The molecular weight excluding hydrogens is 476 g/mol. The van der Waals surface area contributed by atoms with Crippen LogP contribution >= 0.6 is 15.9 Å². The SMILES string of the molecule is COc1ccc(C(O)=C2C(=O)C(=O)N(CCCN(C)C)[C@H]2c2cccc(Br)c2)cc1OC. The third-order valence-electron chi connectivity index (χ3n) is 5.37. The molecule has 8 heteroatoms. The zero-order chi connectivity index (χ0) is 23.4. The highest BCUT2D eigenvalue weighted by molar-refractivity contribution is 9.10. The average molecular weight is 503 g/mol. The van der Waals surface area contributed by atoms with Crippen molar-refractivity contribution in [3.05, 3.63) is 63.6 Å². The van der Waals surface area contributed by atoms with Crippen LogP contribution < -0.4 is 9.47 Å². The monoisotopic (exact) mass is 502 g/mol. The molecule has 1 aliphatic rings. The number of hydrogen-bond acceptors (Lipinski definition) is 6. The van der Waals surface area contributed by atoms with Crippen molar-refractivity contribution < 1.29 is 24.2 Å². The molecule has 1 aliphatic heterocycles. The summed E-state index contributed by atoms with van der Waals surface area (Å²) in [6.45, 7) is 1.16. The van der Waals surface area contributed by atoms with Crippen molar-refractivity contribution in [3.8, 4) is 11.5 Å². The molecule has 170 valence electrons. The molecule has 7 nitrogen and oxygen atoms in total. The summed E-state index contributed by atoms with van der Waals surface area (Å²) < 4.78 is 11.4. The lowest BCUT2D eigenvalue weighted by Crippen LogP contribution is -2.32. The fourth-order valence-electron chi connectivity index (χ4n) is 3.83. The van der Waals surface area contributed by atoms with E-state index in [1.54, 1.807) is 23.1 Å². The number of aliphatic hydroxyl groups excluding tert-OH is 1. The Morgan fingerprint density at radius 1 is 1.09 bits per heavy atom. The Morgan fingerprint density at radius 3 is 2.44 bits per heavy atom. The molecule has 1 N–H and O–H groups in total. The van der Waals surface area contributed by atoms with E-state index in [-0.39, 0.29) is 11.3 Å². The quantitative estimate of drug-likeness (QED) is 0.335. The molecule has 0 bridgehead atoms. The number of methoxy groups -OCH3 is 2. The number of rotatable bonds is 8. The van der Waals surface area contributed by atoms with Crippen LogP contribution in [0.1, 0.15) is 23.6 Å². The van der Waals surface area contributed by atoms with Gasteiger partial charge in [0.1, 0.15) is 5.76 Å². The van der Waals surface area contributed by atoms with Crippen LogP contribution in [0.3, 0.4) is 0 Å². The molecule has 0 unspecified atom stereocenters. The van der Waals surface area contributed by atoms with Gasteiger partial charge in [-0.15, -0.1) is 0 Å². The first kappa shape index (κ1) is 23.8. The second-order valence-corrected chi connectivity index (χ2v) is 8.69. The predicted octanol–water partition coefficient (Wildman–Crippen LogP) is 3.84. The molecule has 0 aliphatic carbocycles. The second-order valence-electron chi connectivity index (χ2n) is 7.77. The third-order valence-corrected chi connectivity index (χ3v) is 5.86. The third kappa shape index (κ3) is 4.81. The van der Waals surface area contributed by atoms with Crippen molar-refractivity contribution >= 4 is 33.4 Å². The van der Waals surface area contributed by atoms with Gasteiger partial charge in [0.15, 0.2) is 11.5 Å². The number of nitrogens with zero attached hydrogens (tertiary/aromatic N) is 2. The number of hydrogen-bond donors (Lipinski definition) is 1. The lowest BCUT2D eigenvalue weighted by atomic mass is 9.95. The Morgan fingerprint density at radius 2 is 1.81 bits per heavy atom. The summed E-state index contributed by atoms with van der Waals surface area (Å²) in [6.07, 6.45) is 0.695. The van der Waals surface area contributed by atoms with Crippen molar-refractivity contribution in [1.29, 1.82) is 0 Å². The predicted molar refractivity (Wildman–Crippen MR) is 126 cm³/mol. The Hall–Kier alpha value is -2.84. The molecule has 0 saturated carbocycles. The number of carbonyl (C=O) groups is 2. The lowest BCUT2D eigenvalue weighted by Gasteiger charge is -2.26. The molecule has 1 saturated heterocycles. The van der Waals surface area contributed by atoms with E-state index in [4.69, 9.17) is 9.47 Å². The van der Waals surface area contributed by atoms with E-state index in [9.17, 15) is 14.7 Å². The standard InChI is InChI=1S/C24H27BrN2O5/c1-26(2)11-6-12-27-21(15-7-5-8-17(25)13-15)20(23(29)24(27)30)22(28)16-9-10-18(31-3)19(14-16)32-4/h5,7-10,13-14,21,28H,6,11-12H2,1-4H3/t21-/m0/s1. The number of amides is 1. The molecule has 2 aromatic carbocycles. The molecule has 3 rings (SSSR count). The number of Topliss-reactive ketones (excluding diaryl/α,β-unsaturated/α-hetero) is 1. The van der Waals surface area contributed by atoms with Crippen molar-refractivity contribution in [1.82, 2.24) is 9.80 Å². The van der Waals surface area contributed by atoms with Crippen LogP contribution in [0.25, 0.3) is 5.76 Å². The van der Waals surface area contributed by atoms with Gasteiger partial charge < -0.3 is 24.4 Å². The van der Waals surface area contributed by atoms with Gasteiger partial charge in [-0.3, -0.25) is 9.59 Å².